The molecule has 7 nitrogen and oxygen atoms in total. The van der Waals surface area contributed by atoms with Crippen LogP contribution in [-0.4, -0.2) is 29.9 Å². The number of nitrogens with zero attached hydrogens (tertiary/aromatic N) is 5. The van der Waals surface area contributed by atoms with Crippen molar-refractivity contribution >= 4 is 11.0 Å². The first-order valence-corrected chi connectivity index (χ1v) is 7.19. The van der Waals surface area contributed by atoms with Crippen LogP contribution in [-0.2, 0) is 6.54 Å². The van der Waals surface area contributed by atoms with E-state index in [-0.39, 0.29) is 36.7 Å². The van der Waals surface area contributed by atoms with Crippen LogP contribution < -0.4 is 5.56 Å². The van der Waals surface area contributed by atoms with Gasteiger partial charge in [0.05, 0.1) is 6.54 Å². The second-order valence-corrected chi connectivity index (χ2v) is 4.91. The molecule has 4 rings (SSSR count). The summed E-state index contributed by atoms with van der Waals surface area (Å²) in [6.07, 6.45) is 5.66. The molecule has 25 heavy (non-hydrogen) atoms. The van der Waals surface area contributed by atoms with Gasteiger partial charge in [0.25, 0.3) is 5.56 Å². The van der Waals surface area contributed by atoms with Crippen molar-refractivity contribution in [3.05, 3.63) is 89.7 Å². The van der Waals surface area contributed by atoms with E-state index >= 15 is 0 Å². The maximum absolute atomic E-state index is 11.9. The van der Waals surface area contributed by atoms with Gasteiger partial charge in [-0.3, -0.25) is 15.0 Å². The van der Waals surface area contributed by atoms with Crippen molar-refractivity contribution in [1.29, 1.82) is 0 Å². The first-order valence-electron chi connectivity index (χ1n) is 7.19. The first-order chi connectivity index (χ1) is 11.7. The SMILES string of the molecule is [CH2-]c1n[nH]c2cc(=O)n(Cc3ccccc3)nc12.[U+2].[c-]1ncccn1. The average Bonchev–Trinajstić information content (AvgIpc) is 2.98. The molecule has 0 aliphatic heterocycles. The van der Waals surface area contributed by atoms with E-state index in [2.05, 4.69) is 38.5 Å². The van der Waals surface area contributed by atoms with Gasteiger partial charge in [0.1, 0.15) is 0 Å². The molecule has 0 aliphatic rings. The zero-order valence-corrected chi connectivity index (χ0v) is 17.4. The number of nitrogens with one attached hydrogen (secondary N) is 1. The van der Waals surface area contributed by atoms with Gasteiger partial charge >= 0.3 is 31.1 Å². The van der Waals surface area contributed by atoms with Crippen LogP contribution in [0.25, 0.3) is 11.0 Å². The predicted molar refractivity (Wildman–Crippen MR) is 89.0 cm³/mol. The minimum atomic E-state index is -0.157. The van der Waals surface area contributed by atoms with Crippen LogP contribution >= 0.6 is 0 Å². The molecular weight excluding hydrogens is 542 g/mol. The third kappa shape index (κ3) is 5.02. The first kappa shape index (κ1) is 18.9. The van der Waals surface area contributed by atoms with E-state index in [1.54, 1.807) is 18.5 Å². The summed E-state index contributed by atoms with van der Waals surface area (Å²) < 4.78 is 1.42. The molecule has 0 amide bonds. The summed E-state index contributed by atoms with van der Waals surface area (Å²) in [6, 6.07) is 13.0. The molecule has 8 heteroatoms. The Morgan fingerprint density at radius 1 is 1.12 bits per heavy atom. The van der Waals surface area contributed by atoms with Gasteiger partial charge in [0.15, 0.2) is 0 Å². The largest absolute Gasteiger partial charge is 2.00 e. The van der Waals surface area contributed by atoms with Crippen LogP contribution in [0.4, 0.5) is 0 Å². The van der Waals surface area contributed by atoms with Crippen molar-refractivity contribution in [3.8, 4) is 0 Å². The molecule has 0 atom stereocenters. The average molecular weight is 556 g/mol. The van der Waals surface area contributed by atoms with Gasteiger partial charge in [0.2, 0.25) is 0 Å². The van der Waals surface area contributed by atoms with Crippen molar-refractivity contribution < 1.29 is 31.1 Å². The van der Waals surface area contributed by atoms with Crippen LogP contribution in [0.3, 0.4) is 0 Å². The second-order valence-electron chi connectivity index (χ2n) is 4.91. The Bertz CT molecular complexity index is 942. The smallest absolute Gasteiger partial charge is 0.374 e. The van der Waals surface area contributed by atoms with Gasteiger partial charge in [-0.05, 0) is 11.1 Å². The van der Waals surface area contributed by atoms with Gasteiger partial charge in [-0.1, -0.05) is 48.4 Å². The third-order valence-corrected chi connectivity index (χ3v) is 3.19. The quantitative estimate of drug-likeness (QED) is 0.380. The van der Waals surface area contributed by atoms with E-state index in [1.807, 2.05) is 30.3 Å². The maximum Gasteiger partial charge on any atom is 2.00 e. The number of hydrogen-bond acceptors (Lipinski definition) is 5. The van der Waals surface area contributed by atoms with E-state index in [4.69, 9.17) is 0 Å². The van der Waals surface area contributed by atoms with Gasteiger partial charge < -0.3 is 9.97 Å². The van der Waals surface area contributed by atoms with Crippen LogP contribution in [0.2, 0.25) is 0 Å². The molecule has 0 bridgehead atoms. The fourth-order valence-corrected chi connectivity index (χ4v) is 2.06. The third-order valence-electron chi connectivity index (χ3n) is 3.19. The number of aromatic nitrogens is 6. The molecule has 0 spiro atoms. The Hall–Kier alpha value is -2.43. The number of H-pyrrole nitrogens is 1. The number of benzene rings is 1. The monoisotopic (exact) mass is 556 g/mol. The summed E-state index contributed by atoms with van der Waals surface area (Å²) in [4.78, 5) is 19.0. The fourth-order valence-electron chi connectivity index (χ4n) is 2.06. The van der Waals surface area contributed by atoms with Crippen molar-refractivity contribution in [2.24, 2.45) is 0 Å². The van der Waals surface area contributed by atoms with E-state index in [0.717, 1.165) is 5.56 Å². The predicted octanol–water partition coefficient (Wildman–Crippen LogP) is 1.63. The van der Waals surface area contributed by atoms with E-state index in [9.17, 15) is 4.79 Å². The zero-order valence-electron chi connectivity index (χ0n) is 13.3. The second kappa shape index (κ2) is 9.16. The van der Waals surface area contributed by atoms with E-state index in [1.165, 1.54) is 10.7 Å². The molecule has 0 saturated carbocycles. The van der Waals surface area contributed by atoms with Crippen molar-refractivity contribution in [2.75, 3.05) is 0 Å². The molecular formula is C17H14N6OU. The molecule has 1 aromatic carbocycles. The van der Waals surface area contributed by atoms with Crippen molar-refractivity contribution in [3.63, 3.8) is 0 Å². The Morgan fingerprint density at radius 3 is 2.44 bits per heavy atom. The minimum Gasteiger partial charge on any atom is -0.374 e. The molecule has 1 N–H and O–H groups in total. The van der Waals surface area contributed by atoms with Crippen molar-refractivity contribution in [2.45, 2.75) is 6.54 Å². The molecule has 0 aliphatic carbocycles. The molecule has 0 saturated heterocycles. The fraction of sp³-hybridized carbons (Fsp3) is 0.0588. The standard InChI is InChI=1S/C13H11N4O.C4H3N2.U/c1-9-13-11(15-14-9)7-12(18)17(16-13)8-10-5-3-2-4-6-10;1-2-5-4-6-3-1;/h2-7,15H,1,8H2;1-3H;/q2*-1;+2. The van der Waals surface area contributed by atoms with Gasteiger partial charge in [-0.25, -0.2) is 16.7 Å². The Kier molecular flexibility index (Phi) is 6.93. The Morgan fingerprint density at radius 2 is 1.84 bits per heavy atom. The molecule has 0 radical (unpaired) electrons. The number of hydrogen-bond donors (Lipinski definition) is 1. The summed E-state index contributed by atoms with van der Waals surface area (Å²) in [6.45, 7) is 4.21. The summed E-state index contributed by atoms with van der Waals surface area (Å²) in [7, 11) is 0. The van der Waals surface area contributed by atoms with Gasteiger partial charge in [-0.15, -0.1) is 6.07 Å². The topological polar surface area (TPSA) is 89.4 Å². The van der Waals surface area contributed by atoms with Crippen molar-refractivity contribution in [1.82, 2.24) is 29.9 Å². The molecule has 0 unspecified atom stereocenters. The molecule has 3 heterocycles. The summed E-state index contributed by atoms with van der Waals surface area (Å²) in [5, 5.41) is 10.9. The molecule has 3 aromatic heterocycles. The molecule has 122 valence electrons. The summed E-state index contributed by atoms with van der Waals surface area (Å²) in [5.74, 6) is 0. The number of aromatic amines is 1. The van der Waals surface area contributed by atoms with Crippen LogP contribution in [0.15, 0.2) is 59.7 Å². The van der Waals surface area contributed by atoms with Crippen LogP contribution in [0.1, 0.15) is 11.3 Å². The van der Waals surface area contributed by atoms with E-state index < -0.39 is 0 Å². The normalized spacial score (nSPS) is 9.76. The number of fused-ring (bicyclic) bond motifs is 1. The number of rotatable bonds is 2. The Balaban J connectivity index is 0.000000275. The Labute approximate surface area is 167 Å². The van der Waals surface area contributed by atoms with E-state index in [0.29, 0.717) is 23.3 Å². The van der Waals surface area contributed by atoms with Crippen LogP contribution in [0, 0.1) is 44.4 Å². The summed E-state index contributed by atoms with van der Waals surface area (Å²) in [5.41, 5.74) is 2.67. The van der Waals surface area contributed by atoms with Gasteiger partial charge in [-0.2, -0.15) is 0 Å². The van der Waals surface area contributed by atoms with Gasteiger partial charge in [0, 0.05) is 17.9 Å². The summed E-state index contributed by atoms with van der Waals surface area (Å²) >= 11 is 0. The zero-order chi connectivity index (χ0) is 16.8. The maximum atomic E-state index is 11.9. The van der Waals surface area contributed by atoms with Crippen LogP contribution in [0.5, 0.6) is 0 Å². The molecule has 0 fully saturated rings. The molecule has 4 aromatic rings. The minimum absolute atomic E-state index is 0.